The van der Waals surface area contributed by atoms with Crippen molar-refractivity contribution in [3.63, 3.8) is 0 Å². The average molecular weight is 384 g/mol. The zero-order valence-electron chi connectivity index (χ0n) is 12.7. The minimum absolute atomic E-state index is 0. The van der Waals surface area contributed by atoms with Gasteiger partial charge in [0.15, 0.2) is 0 Å². The molecule has 0 aliphatic carbocycles. The van der Waals surface area contributed by atoms with E-state index < -0.39 is 27.3 Å². The predicted molar refractivity (Wildman–Crippen MR) is 84.2 cm³/mol. The number of nitrogens with one attached hydrogen (secondary N) is 2. The van der Waals surface area contributed by atoms with E-state index in [2.05, 4.69) is 10.0 Å². The first-order valence-corrected chi connectivity index (χ1v) is 8.50. The first-order chi connectivity index (χ1) is 10.6. The van der Waals surface area contributed by atoms with E-state index in [4.69, 9.17) is 5.26 Å². The number of hydrogen-bond donors (Lipinski definition) is 2. The lowest BCUT2D eigenvalue weighted by atomic mass is 10.0. The lowest BCUT2D eigenvalue weighted by Gasteiger charge is -2.30. The third-order valence-electron chi connectivity index (χ3n) is 3.80. The molecule has 1 aromatic carbocycles. The number of nitriles is 1. The Morgan fingerprint density at radius 3 is 2.58 bits per heavy atom. The molecule has 1 aromatic rings. The van der Waals surface area contributed by atoms with E-state index in [1.54, 1.807) is 0 Å². The SMILES string of the molecule is CC1NCCCC1NS(=O)(=O)c1ccc(C(F)(F)F)c(C#N)c1.Cl. The first-order valence-electron chi connectivity index (χ1n) is 7.02. The number of piperidine rings is 1. The normalized spacial score (nSPS) is 21.6. The second-order valence-electron chi connectivity index (χ2n) is 5.43. The maximum absolute atomic E-state index is 12.8. The fourth-order valence-electron chi connectivity index (χ4n) is 2.50. The van der Waals surface area contributed by atoms with E-state index >= 15 is 0 Å². The van der Waals surface area contributed by atoms with Gasteiger partial charge in [-0.05, 0) is 44.5 Å². The number of rotatable bonds is 3. The summed E-state index contributed by atoms with van der Waals surface area (Å²) in [6.07, 6.45) is -3.27. The summed E-state index contributed by atoms with van der Waals surface area (Å²) in [6.45, 7) is 2.62. The summed E-state index contributed by atoms with van der Waals surface area (Å²) >= 11 is 0. The Morgan fingerprint density at radius 2 is 2.04 bits per heavy atom. The Bertz CT molecular complexity index is 732. The second-order valence-corrected chi connectivity index (χ2v) is 7.14. The van der Waals surface area contributed by atoms with Gasteiger partial charge in [-0.1, -0.05) is 0 Å². The van der Waals surface area contributed by atoms with Crippen LogP contribution in [0.5, 0.6) is 0 Å². The highest BCUT2D eigenvalue weighted by molar-refractivity contribution is 7.89. The maximum Gasteiger partial charge on any atom is 0.417 e. The molecule has 0 radical (unpaired) electrons. The minimum atomic E-state index is -4.71. The zero-order chi connectivity index (χ0) is 17.3. The van der Waals surface area contributed by atoms with Crippen LogP contribution < -0.4 is 10.0 Å². The molecule has 2 unspecified atom stereocenters. The molecular weight excluding hydrogens is 367 g/mol. The molecule has 2 N–H and O–H groups in total. The highest BCUT2D eigenvalue weighted by Crippen LogP contribution is 2.32. The van der Waals surface area contributed by atoms with Crippen molar-refractivity contribution >= 4 is 22.4 Å². The maximum atomic E-state index is 12.8. The molecule has 0 amide bonds. The number of nitrogens with zero attached hydrogens (tertiary/aromatic N) is 1. The molecule has 1 aliphatic rings. The third-order valence-corrected chi connectivity index (χ3v) is 5.28. The molecule has 2 atom stereocenters. The van der Waals surface area contributed by atoms with Crippen molar-refractivity contribution in [1.82, 2.24) is 10.0 Å². The van der Waals surface area contributed by atoms with Crippen LogP contribution in [0.15, 0.2) is 23.1 Å². The topological polar surface area (TPSA) is 82.0 Å². The van der Waals surface area contributed by atoms with E-state index in [1.807, 2.05) is 6.92 Å². The van der Waals surface area contributed by atoms with Gasteiger partial charge >= 0.3 is 6.18 Å². The number of halogens is 4. The van der Waals surface area contributed by atoms with Crippen LogP contribution >= 0.6 is 12.4 Å². The molecule has 1 heterocycles. The highest BCUT2D eigenvalue weighted by atomic mass is 35.5. The highest BCUT2D eigenvalue weighted by Gasteiger charge is 2.35. The zero-order valence-corrected chi connectivity index (χ0v) is 14.4. The molecular formula is C14H17ClF3N3O2S. The van der Waals surface area contributed by atoms with E-state index in [-0.39, 0.29) is 29.4 Å². The molecule has 134 valence electrons. The van der Waals surface area contributed by atoms with Crippen LogP contribution in [0.1, 0.15) is 30.9 Å². The van der Waals surface area contributed by atoms with Crippen LogP contribution in [-0.2, 0) is 16.2 Å². The standard InChI is InChI=1S/C14H16F3N3O2S.ClH/c1-9-13(3-2-6-19-9)20-23(21,22)11-4-5-12(14(15,16)17)10(7-11)8-18;/h4-5,7,9,13,19-20H,2-3,6H2,1H3;1H. The molecule has 24 heavy (non-hydrogen) atoms. The Hall–Kier alpha value is -1.34. The van der Waals surface area contributed by atoms with Gasteiger partial charge in [0, 0.05) is 12.1 Å². The largest absolute Gasteiger partial charge is 0.417 e. The molecule has 10 heteroatoms. The van der Waals surface area contributed by atoms with Gasteiger partial charge in [-0.3, -0.25) is 0 Å². The number of benzene rings is 1. The van der Waals surface area contributed by atoms with Crippen molar-refractivity contribution in [1.29, 1.82) is 5.26 Å². The van der Waals surface area contributed by atoms with E-state index in [9.17, 15) is 21.6 Å². The number of sulfonamides is 1. The molecule has 2 rings (SSSR count). The van der Waals surface area contributed by atoms with Crippen LogP contribution in [0.25, 0.3) is 0 Å². The van der Waals surface area contributed by atoms with E-state index in [1.165, 1.54) is 6.07 Å². The molecule has 5 nitrogen and oxygen atoms in total. The fraction of sp³-hybridized carbons (Fsp3) is 0.500. The van der Waals surface area contributed by atoms with Crippen molar-refractivity contribution in [2.24, 2.45) is 0 Å². The summed E-state index contributed by atoms with van der Waals surface area (Å²) in [5.74, 6) is 0. The smallest absolute Gasteiger partial charge is 0.313 e. The van der Waals surface area contributed by atoms with Gasteiger partial charge in [0.25, 0.3) is 0 Å². The summed E-state index contributed by atoms with van der Waals surface area (Å²) in [6, 6.07) is 3.22. The van der Waals surface area contributed by atoms with Crippen LogP contribution in [0.2, 0.25) is 0 Å². The van der Waals surface area contributed by atoms with Crippen molar-refractivity contribution in [3.8, 4) is 6.07 Å². The summed E-state index contributed by atoms with van der Waals surface area (Å²) in [5, 5.41) is 12.0. The summed E-state index contributed by atoms with van der Waals surface area (Å²) in [7, 11) is -4.00. The molecule has 0 spiro atoms. The molecule has 1 saturated heterocycles. The number of hydrogen-bond acceptors (Lipinski definition) is 4. The first kappa shape index (κ1) is 20.7. The quantitative estimate of drug-likeness (QED) is 0.839. The van der Waals surface area contributed by atoms with Gasteiger partial charge in [-0.2, -0.15) is 18.4 Å². The monoisotopic (exact) mass is 383 g/mol. The fourth-order valence-corrected chi connectivity index (χ4v) is 3.88. The van der Waals surface area contributed by atoms with Crippen LogP contribution in [0.4, 0.5) is 13.2 Å². The Balaban J connectivity index is 0.00000288. The van der Waals surface area contributed by atoms with Crippen LogP contribution in [-0.4, -0.2) is 27.0 Å². The number of alkyl halides is 3. The van der Waals surface area contributed by atoms with Crippen molar-refractivity contribution < 1.29 is 21.6 Å². The summed E-state index contributed by atoms with van der Waals surface area (Å²) < 4.78 is 65.5. The van der Waals surface area contributed by atoms with Gasteiger partial charge in [0.05, 0.1) is 22.1 Å². The summed E-state index contributed by atoms with van der Waals surface area (Å²) in [5.41, 5.74) is -1.86. The molecule has 0 bridgehead atoms. The van der Waals surface area contributed by atoms with Crippen LogP contribution in [0.3, 0.4) is 0 Å². The molecule has 1 fully saturated rings. The predicted octanol–water partition coefficient (Wildman–Crippen LogP) is 2.42. The Morgan fingerprint density at radius 1 is 1.38 bits per heavy atom. The van der Waals surface area contributed by atoms with Gasteiger partial charge < -0.3 is 5.32 Å². The lowest BCUT2D eigenvalue weighted by molar-refractivity contribution is -0.137. The van der Waals surface area contributed by atoms with Crippen molar-refractivity contribution in [2.75, 3.05) is 6.54 Å². The average Bonchev–Trinajstić information content (AvgIpc) is 2.48. The van der Waals surface area contributed by atoms with Crippen molar-refractivity contribution in [2.45, 2.75) is 42.9 Å². The second kappa shape index (κ2) is 7.70. The van der Waals surface area contributed by atoms with E-state index in [0.717, 1.165) is 25.1 Å². The van der Waals surface area contributed by atoms with Gasteiger partial charge in [-0.25, -0.2) is 13.1 Å². The van der Waals surface area contributed by atoms with Crippen molar-refractivity contribution in [3.05, 3.63) is 29.3 Å². The molecule has 0 aromatic heterocycles. The molecule has 1 aliphatic heterocycles. The minimum Gasteiger partial charge on any atom is -0.313 e. The van der Waals surface area contributed by atoms with E-state index in [0.29, 0.717) is 12.5 Å². The summed E-state index contributed by atoms with van der Waals surface area (Å²) in [4.78, 5) is -0.347. The lowest BCUT2D eigenvalue weighted by Crippen LogP contribution is -2.51. The van der Waals surface area contributed by atoms with Gasteiger partial charge in [0.1, 0.15) is 0 Å². The Kier molecular flexibility index (Phi) is 6.64. The van der Waals surface area contributed by atoms with Gasteiger partial charge in [-0.15, -0.1) is 12.4 Å². The molecule has 0 saturated carbocycles. The Labute approximate surface area is 144 Å². The van der Waals surface area contributed by atoms with Crippen LogP contribution in [0, 0.1) is 11.3 Å². The third kappa shape index (κ3) is 4.60. The van der Waals surface area contributed by atoms with Gasteiger partial charge in [0.2, 0.25) is 10.0 Å².